The van der Waals surface area contributed by atoms with E-state index in [2.05, 4.69) is 15.6 Å². The number of hydrogen-bond acceptors (Lipinski definition) is 6. The number of para-hydroxylation sites is 1. The predicted octanol–water partition coefficient (Wildman–Crippen LogP) is 2.12. The summed E-state index contributed by atoms with van der Waals surface area (Å²) < 4.78 is 16.4. The van der Waals surface area contributed by atoms with E-state index in [1.54, 1.807) is 38.6 Å². The number of rotatable bonds is 9. The monoisotopic (exact) mass is 345 g/mol. The molecule has 2 aromatic rings. The maximum absolute atomic E-state index is 11.6. The SMILES string of the molecule is CNCCC(=O)NCc1ccc(Oc2c(OC)cccc2OC)nc1. The van der Waals surface area contributed by atoms with Crippen molar-refractivity contribution in [1.29, 1.82) is 0 Å². The van der Waals surface area contributed by atoms with E-state index in [-0.39, 0.29) is 5.91 Å². The Morgan fingerprint density at radius 2 is 1.84 bits per heavy atom. The Labute approximate surface area is 147 Å². The first-order valence-corrected chi connectivity index (χ1v) is 7.93. The van der Waals surface area contributed by atoms with Gasteiger partial charge in [0.2, 0.25) is 17.5 Å². The molecule has 2 N–H and O–H groups in total. The van der Waals surface area contributed by atoms with Crippen molar-refractivity contribution in [2.24, 2.45) is 0 Å². The predicted molar refractivity (Wildman–Crippen MR) is 94.2 cm³/mol. The van der Waals surface area contributed by atoms with Crippen molar-refractivity contribution in [3.8, 4) is 23.1 Å². The van der Waals surface area contributed by atoms with Crippen LogP contribution >= 0.6 is 0 Å². The zero-order chi connectivity index (χ0) is 18.1. The van der Waals surface area contributed by atoms with E-state index in [1.165, 1.54) is 0 Å². The minimum atomic E-state index is -0.00608. The number of benzene rings is 1. The Bertz CT molecular complexity index is 667. The third-order valence-electron chi connectivity index (χ3n) is 3.48. The van der Waals surface area contributed by atoms with Crippen LogP contribution in [-0.4, -0.2) is 38.7 Å². The second-order valence-electron chi connectivity index (χ2n) is 5.23. The topological polar surface area (TPSA) is 81.7 Å². The molecule has 1 heterocycles. The van der Waals surface area contributed by atoms with Gasteiger partial charge in [0, 0.05) is 31.8 Å². The Balaban J connectivity index is 2.00. The lowest BCUT2D eigenvalue weighted by atomic mass is 10.2. The summed E-state index contributed by atoms with van der Waals surface area (Å²) in [5.74, 6) is 1.98. The summed E-state index contributed by atoms with van der Waals surface area (Å²) in [5.41, 5.74) is 0.886. The Hall–Kier alpha value is -2.80. The van der Waals surface area contributed by atoms with Crippen molar-refractivity contribution in [2.45, 2.75) is 13.0 Å². The largest absolute Gasteiger partial charge is 0.493 e. The Morgan fingerprint density at radius 3 is 2.40 bits per heavy atom. The van der Waals surface area contributed by atoms with Crippen molar-refractivity contribution in [3.63, 3.8) is 0 Å². The van der Waals surface area contributed by atoms with E-state index in [1.807, 2.05) is 19.2 Å². The number of nitrogens with one attached hydrogen (secondary N) is 2. The van der Waals surface area contributed by atoms with E-state index in [0.717, 1.165) is 5.56 Å². The van der Waals surface area contributed by atoms with Crippen LogP contribution in [0.4, 0.5) is 0 Å². The highest BCUT2D eigenvalue weighted by atomic mass is 16.5. The maximum atomic E-state index is 11.6. The summed E-state index contributed by atoms with van der Waals surface area (Å²) >= 11 is 0. The van der Waals surface area contributed by atoms with Crippen molar-refractivity contribution in [1.82, 2.24) is 15.6 Å². The molecule has 0 aliphatic carbocycles. The van der Waals surface area contributed by atoms with Crippen LogP contribution < -0.4 is 24.8 Å². The van der Waals surface area contributed by atoms with Gasteiger partial charge in [-0.15, -0.1) is 0 Å². The van der Waals surface area contributed by atoms with Crippen LogP contribution in [0, 0.1) is 0 Å². The molecule has 0 atom stereocenters. The van der Waals surface area contributed by atoms with Gasteiger partial charge < -0.3 is 24.8 Å². The van der Waals surface area contributed by atoms with Gasteiger partial charge in [0.1, 0.15) is 0 Å². The van der Waals surface area contributed by atoms with E-state index >= 15 is 0 Å². The van der Waals surface area contributed by atoms with Crippen LogP contribution in [0.25, 0.3) is 0 Å². The molecule has 25 heavy (non-hydrogen) atoms. The van der Waals surface area contributed by atoms with Crippen LogP contribution in [0.3, 0.4) is 0 Å². The number of ether oxygens (including phenoxy) is 3. The molecule has 2 rings (SSSR count). The molecule has 1 amide bonds. The van der Waals surface area contributed by atoms with Gasteiger partial charge in [-0.05, 0) is 24.7 Å². The van der Waals surface area contributed by atoms with Crippen LogP contribution in [-0.2, 0) is 11.3 Å². The van der Waals surface area contributed by atoms with Crippen molar-refractivity contribution < 1.29 is 19.0 Å². The summed E-state index contributed by atoms with van der Waals surface area (Å²) in [6.45, 7) is 1.07. The number of hydrogen-bond donors (Lipinski definition) is 2. The second-order valence-corrected chi connectivity index (χ2v) is 5.23. The van der Waals surface area contributed by atoms with E-state index in [0.29, 0.717) is 42.6 Å². The van der Waals surface area contributed by atoms with Crippen LogP contribution in [0.5, 0.6) is 23.1 Å². The maximum Gasteiger partial charge on any atom is 0.221 e. The molecule has 134 valence electrons. The summed E-state index contributed by atoms with van der Waals surface area (Å²) in [6.07, 6.45) is 2.11. The van der Waals surface area contributed by atoms with E-state index in [4.69, 9.17) is 14.2 Å². The third-order valence-corrected chi connectivity index (χ3v) is 3.48. The lowest BCUT2D eigenvalue weighted by molar-refractivity contribution is -0.121. The van der Waals surface area contributed by atoms with Crippen molar-refractivity contribution >= 4 is 5.91 Å². The molecule has 0 fully saturated rings. The molecule has 0 aliphatic rings. The first kappa shape index (κ1) is 18.5. The van der Waals surface area contributed by atoms with E-state index in [9.17, 15) is 4.79 Å². The van der Waals surface area contributed by atoms with E-state index < -0.39 is 0 Å². The Morgan fingerprint density at radius 1 is 1.12 bits per heavy atom. The number of pyridine rings is 1. The molecule has 0 saturated heterocycles. The molecular formula is C18H23N3O4. The normalized spacial score (nSPS) is 10.2. The molecule has 1 aromatic heterocycles. The van der Waals surface area contributed by atoms with Crippen molar-refractivity contribution in [2.75, 3.05) is 27.8 Å². The molecule has 0 unspecified atom stereocenters. The fraction of sp³-hybridized carbons (Fsp3) is 0.333. The van der Waals surface area contributed by atoms with Crippen molar-refractivity contribution in [3.05, 3.63) is 42.1 Å². The first-order valence-electron chi connectivity index (χ1n) is 7.93. The molecule has 0 saturated carbocycles. The fourth-order valence-electron chi connectivity index (χ4n) is 2.13. The lowest BCUT2D eigenvalue weighted by Gasteiger charge is -2.13. The molecule has 0 bridgehead atoms. The van der Waals surface area contributed by atoms with Crippen LogP contribution in [0.15, 0.2) is 36.5 Å². The minimum Gasteiger partial charge on any atom is -0.493 e. The first-order chi connectivity index (χ1) is 12.2. The standard InChI is InChI=1S/C18H23N3O4/c1-19-10-9-16(22)20-11-13-7-8-17(21-12-13)25-18-14(23-2)5-4-6-15(18)24-3/h4-8,12,19H,9-11H2,1-3H3,(H,20,22). The van der Waals surface area contributed by atoms with Gasteiger partial charge in [0.05, 0.1) is 14.2 Å². The highest BCUT2D eigenvalue weighted by Crippen LogP contribution is 2.39. The minimum absolute atomic E-state index is 0.00608. The zero-order valence-electron chi connectivity index (χ0n) is 14.7. The molecule has 0 radical (unpaired) electrons. The van der Waals surface area contributed by atoms with Gasteiger partial charge >= 0.3 is 0 Å². The van der Waals surface area contributed by atoms with Gasteiger partial charge in [0.25, 0.3) is 0 Å². The lowest BCUT2D eigenvalue weighted by Crippen LogP contribution is -2.26. The van der Waals surface area contributed by atoms with Crippen LogP contribution in [0.1, 0.15) is 12.0 Å². The molecule has 7 nitrogen and oxygen atoms in total. The summed E-state index contributed by atoms with van der Waals surface area (Å²) in [6, 6.07) is 8.97. The molecule has 0 aliphatic heterocycles. The summed E-state index contributed by atoms with van der Waals surface area (Å²) in [4.78, 5) is 15.9. The molecular weight excluding hydrogens is 322 g/mol. The number of nitrogens with zero attached hydrogens (tertiary/aromatic N) is 1. The number of methoxy groups -OCH3 is 2. The highest BCUT2D eigenvalue weighted by Gasteiger charge is 2.13. The number of amides is 1. The Kier molecular flexibility index (Phi) is 7.03. The zero-order valence-corrected chi connectivity index (χ0v) is 14.7. The summed E-state index contributed by atoms with van der Waals surface area (Å²) in [7, 11) is 4.94. The second kappa shape index (κ2) is 9.48. The average Bonchev–Trinajstić information content (AvgIpc) is 2.65. The van der Waals surface area contributed by atoms with Gasteiger partial charge in [-0.3, -0.25) is 4.79 Å². The fourth-order valence-corrected chi connectivity index (χ4v) is 2.13. The van der Waals surface area contributed by atoms with Crippen LogP contribution in [0.2, 0.25) is 0 Å². The van der Waals surface area contributed by atoms with Gasteiger partial charge in [-0.1, -0.05) is 12.1 Å². The average molecular weight is 345 g/mol. The summed E-state index contributed by atoms with van der Waals surface area (Å²) in [5, 5.41) is 5.78. The quantitative estimate of drug-likeness (QED) is 0.724. The number of carbonyl (C=O) groups is 1. The molecule has 7 heteroatoms. The highest BCUT2D eigenvalue weighted by molar-refractivity contribution is 5.76. The van der Waals surface area contributed by atoms with Gasteiger partial charge in [-0.25, -0.2) is 4.98 Å². The molecule has 0 spiro atoms. The smallest absolute Gasteiger partial charge is 0.221 e. The third kappa shape index (κ3) is 5.36. The van der Waals surface area contributed by atoms with Gasteiger partial charge in [-0.2, -0.15) is 0 Å². The number of aromatic nitrogens is 1. The van der Waals surface area contributed by atoms with Gasteiger partial charge in [0.15, 0.2) is 11.5 Å². The number of carbonyl (C=O) groups excluding carboxylic acids is 1. The molecule has 1 aromatic carbocycles.